The predicted molar refractivity (Wildman–Crippen MR) is 58.4 cm³/mol. The SMILES string of the molecule is C/C=C/[C@H]1O[C@@H](C(=O)OC)C(C)=C[C@@H]1C. The fraction of sp³-hybridized carbons (Fsp3) is 0.583. The molecule has 84 valence electrons. The van der Waals surface area contributed by atoms with Crippen molar-refractivity contribution < 1.29 is 14.3 Å². The van der Waals surface area contributed by atoms with Crippen LogP contribution in [0.3, 0.4) is 0 Å². The normalized spacial score (nSPS) is 31.5. The largest absolute Gasteiger partial charge is 0.467 e. The number of hydrogen-bond donors (Lipinski definition) is 0. The Labute approximate surface area is 90.8 Å². The van der Waals surface area contributed by atoms with E-state index in [0.717, 1.165) is 5.57 Å². The number of ether oxygens (including phenoxy) is 2. The molecule has 0 N–H and O–H groups in total. The molecule has 0 aromatic carbocycles. The lowest BCUT2D eigenvalue weighted by Gasteiger charge is -2.30. The van der Waals surface area contributed by atoms with E-state index in [-0.39, 0.29) is 12.1 Å². The van der Waals surface area contributed by atoms with Gasteiger partial charge in [-0.25, -0.2) is 4.79 Å². The number of methoxy groups -OCH3 is 1. The van der Waals surface area contributed by atoms with Crippen molar-refractivity contribution in [3.05, 3.63) is 23.8 Å². The maximum atomic E-state index is 11.4. The van der Waals surface area contributed by atoms with Gasteiger partial charge in [0.05, 0.1) is 13.2 Å². The van der Waals surface area contributed by atoms with E-state index in [9.17, 15) is 4.79 Å². The minimum atomic E-state index is -0.549. The monoisotopic (exact) mass is 210 g/mol. The number of carbonyl (C=O) groups excluding carboxylic acids is 1. The number of rotatable bonds is 2. The highest BCUT2D eigenvalue weighted by molar-refractivity contribution is 5.78. The van der Waals surface area contributed by atoms with Crippen LogP contribution in [-0.2, 0) is 14.3 Å². The average molecular weight is 210 g/mol. The summed E-state index contributed by atoms with van der Waals surface area (Å²) in [6.07, 6.45) is 5.37. The van der Waals surface area contributed by atoms with Crippen molar-refractivity contribution >= 4 is 5.97 Å². The molecule has 3 nitrogen and oxygen atoms in total. The summed E-state index contributed by atoms with van der Waals surface area (Å²) in [5.41, 5.74) is 0.926. The molecule has 0 aromatic rings. The van der Waals surface area contributed by atoms with E-state index in [4.69, 9.17) is 9.47 Å². The van der Waals surface area contributed by atoms with Crippen LogP contribution in [0.25, 0.3) is 0 Å². The molecule has 1 rings (SSSR count). The molecule has 0 aromatic heterocycles. The first-order valence-corrected chi connectivity index (χ1v) is 5.14. The number of carbonyl (C=O) groups is 1. The molecule has 1 aliphatic rings. The number of hydrogen-bond acceptors (Lipinski definition) is 3. The van der Waals surface area contributed by atoms with E-state index < -0.39 is 6.10 Å². The third-order valence-corrected chi connectivity index (χ3v) is 2.55. The molecule has 3 heteroatoms. The van der Waals surface area contributed by atoms with Crippen LogP contribution in [0.2, 0.25) is 0 Å². The van der Waals surface area contributed by atoms with Crippen LogP contribution in [0, 0.1) is 5.92 Å². The zero-order valence-electron chi connectivity index (χ0n) is 9.69. The van der Waals surface area contributed by atoms with Crippen LogP contribution in [0.1, 0.15) is 20.8 Å². The molecule has 0 fully saturated rings. The molecular formula is C12H18O3. The fourth-order valence-corrected chi connectivity index (χ4v) is 1.74. The molecule has 0 amide bonds. The van der Waals surface area contributed by atoms with Gasteiger partial charge in [0.25, 0.3) is 0 Å². The zero-order valence-corrected chi connectivity index (χ0v) is 9.69. The van der Waals surface area contributed by atoms with Gasteiger partial charge in [0.1, 0.15) is 0 Å². The first kappa shape index (κ1) is 12.0. The van der Waals surface area contributed by atoms with Gasteiger partial charge in [-0.05, 0) is 19.4 Å². The fourth-order valence-electron chi connectivity index (χ4n) is 1.74. The third-order valence-electron chi connectivity index (χ3n) is 2.55. The van der Waals surface area contributed by atoms with Gasteiger partial charge in [0.15, 0.2) is 6.10 Å². The standard InChI is InChI=1S/C12H18O3/c1-5-6-10-8(2)7-9(3)11(15-10)12(13)14-4/h5-8,10-11H,1-4H3/b6-5+/t8-,10+,11+/m0/s1. The van der Waals surface area contributed by atoms with Crippen LogP contribution < -0.4 is 0 Å². The summed E-state index contributed by atoms with van der Waals surface area (Å²) >= 11 is 0. The molecule has 0 saturated carbocycles. The Kier molecular flexibility index (Phi) is 4.09. The highest BCUT2D eigenvalue weighted by atomic mass is 16.6. The molecule has 0 saturated heterocycles. The van der Waals surface area contributed by atoms with Crippen molar-refractivity contribution in [1.29, 1.82) is 0 Å². The molecule has 1 heterocycles. The van der Waals surface area contributed by atoms with Crippen LogP contribution >= 0.6 is 0 Å². The molecule has 0 unspecified atom stereocenters. The van der Waals surface area contributed by atoms with Crippen molar-refractivity contribution in [2.45, 2.75) is 33.0 Å². The second-order valence-corrected chi connectivity index (χ2v) is 3.80. The van der Waals surface area contributed by atoms with Crippen LogP contribution in [0.5, 0.6) is 0 Å². The summed E-state index contributed by atoms with van der Waals surface area (Å²) in [4.78, 5) is 11.4. The Bertz CT molecular complexity index is 291. The van der Waals surface area contributed by atoms with Crippen molar-refractivity contribution in [3.8, 4) is 0 Å². The summed E-state index contributed by atoms with van der Waals surface area (Å²) in [6, 6.07) is 0. The lowest BCUT2D eigenvalue weighted by molar-refractivity contribution is -0.155. The van der Waals surface area contributed by atoms with Crippen molar-refractivity contribution in [3.63, 3.8) is 0 Å². The molecule has 0 aliphatic carbocycles. The first-order valence-electron chi connectivity index (χ1n) is 5.14. The molecule has 0 radical (unpaired) electrons. The van der Waals surface area contributed by atoms with Gasteiger partial charge in [0, 0.05) is 5.92 Å². The lowest BCUT2D eigenvalue weighted by atomic mass is 9.95. The van der Waals surface area contributed by atoms with E-state index in [1.54, 1.807) is 0 Å². The Morgan fingerprint density at radius 3 is 2.80 bits per heavy atom. The molecule has 0 bridgehead atoms. The molecule has 3 atom stereocenters. The van der Waals surface area contributed by atoms with Gasteiger partial charge in [-0.3, -0.25) is 0 Å². The van der Waals surface area contributed by atoms with Gasteiger partial charge < -0.3 is 9.47 Å². The molecular weight excluding hydrogens is 192 g/mol. The van der Waals surface area contributed by atoms with Crippen molar-refractivity contribution in [1.82, 2.24) is 0 Å². The maximum Gasteiger partial charge on any atom is 0.339 e. The van der Waals surface area contributed by atoms with Gasteiger partial charge in [-0.2, -0.15) is 0 Å². The van der Waals surface area contributed by atoms with E-state index in [1.165, 1.54) is 7.11 Å². The quantitative estimate of drug-likeness (QED) is 0.517. The topological polar surface area (TPSA) is 35.5 Å². The van der Waals surface area contributed by atoms with Gasteiger partial charge in [0.2, 0.25) is 0 Å². The highest BCUT2D eigenvalue weighted by Gasteiger charge is 2.31. The van der Waals surface area contributed by atoms with Gasteiger partial charge in [-0.15, -0.1) is 0 Å². The summed E-state index contributed by atoms with van der Waals surface area (Å²) < 4.78 is 10.4. The van der Waals surface area contributed by atoms with E-state index in [1.807, 2.05) is 26.0 Å². The Hall–Kier alpha value is -1.09. The number of esters is 1. The highest BCUT2D eigenvalue weighted by Crippen LogP contribution is 2.25. The minimum Gasteiger partial charge on any atom is -0.467 e. The van der Waals surface area contributed by atoms with E-state index in [0.29, 0.717) is 5.92 Å². The minimum absolute atomic E-state index is 0.0391. The molecule has 15 heavy (non-hydrogen) atoms. The van der Waals surface area contributed by atoms with E-state index in [2.05, 4.69) is 13.0 Å². The summed E-state index contributed by atoms with van der Waals surface area (Å²) in [5.74, 6) is -0.0349. The third kappa shape index (κ3) is 2.69. The van der Waals surface area contributed by atoms with Crippen LogP contribution in [0.4, 0.5) is 0 Å². The van der Waals surface area contributed by atoms with Gasteiger partial charge >= 0.3 is 5.97 Å². The summed E-state index contributed by atoms with van der Waals surface area (Å²) in [7, 11) is 1.38. The Morgan fingerprint density at radius 2 is 2.27 bits per heavy atom. The number of allylic oxidation sites excluding steroid dienone is 1. The average Bonchev–Trinajstić information content (AvgIpc) is 2.21. The van der Waals surface area contributed by atoms with Crippen LogP contribution in [-0.4, -0.2) is 25.3 Å². The smallest absolute Gasteiger partial charge is 0.339 e. The van der Waals surface area contributed by atoms with Crippen molar-refractivity contribution in [2.75, 3.05) is 7.11 Å². The van der Waals surface area contributed by atoms with Crippen LogP contribution in [0.15, 0.2) is 23.8 Å². The predicted octanol–water partition coefficient (Wildman–Crippen LogP) is 2.09. The summed E-state index contributed by atoms with van der Waals surface area (Å²) in [6.45, 7) is 5.90. The van der Waals surface area contributed by atoms with Gasteiger partial charge in [-0.1, -0.05) is 25.2 Å². The summed E-state index contributed by atoms with van der Waals surface area (Å²) in [5, 5.41) is 0. The van der Waals surface area contributed by atoms with E-state index >= 15 is 0 Å². The Balaban J connectivity index is 2.84. The lowest BCUT2D eigenvalue weighted by Crippen LogP contribution is -2.37. The second-order valence-electron chi connectivity index (χ2n) is 3.80. The molecule has 0 spiro atoms. The zero-order chi connectivity index (χ0) is 11.4. The first-order chi connectivity index (χ1) is 7.10. The second kappa shape index (κ2) is 5.12. The molecule has 1 aliphatic heterocycles. The Morgan fingerprint density at radius 1 is 1.60 bits per heavy atom. The maximum absolute atomic E-state index is 11.4. The van der Waals surface area contributed by atoms with Crippen molar-refractivity contribution in [2.24, 2.45) is 5.92 Å².